The third-order valence-electron chi connectivity index (χ3n) is 1.70. The van der Waals surface area contributed by atoms with E-state index in [-0.39, 0.29) is 0 Å². The van der Waals surface area contributed by atoms with Crippen LogP contribution < -0.4 is 0 Å². The summed E-state index contributed by atoms with van der Waals surface area (Å²) in [6, 6.07) is 5.20. The summed E-state index contributed by atoms with van der Waals surface area (Å²) in [6.45, 7) is 1.94. The van der Waals surface area contributed by atoms with Crippen molar-refractivity contribution in [3.05, 3.63) is 33.8 Å². The lowest BCUT2D eigenvalue weighted by Gasteiger charge is -2.04. The van der Waals surface area contributed by atoms with Gasteiger partial charge >= 0.3 is 5.97 Å². The van der Waals surface area contributed by atoms with Crippen molar-refractivity contribution in [1.29, 1.82) is 0 Å². The van der Waals surface area contributed by atoms with E-state index in [0.717, 1.165) is 16.5 Å². The zero-order valence-electron chi connectivity index (χ0n) is 6.67. The summed E-state index contributed by atoms with van der Waals surface area (Å²) in [5.74, 6) is -0.867. The molecule has 0 heterocycles. The number of rotatable bonds is 2. The van der Waals surface area contributed by atoms with Gasteiger partial charge in [-0.2, -0.15) is 0 Å². The van der Waals surface area contributed by atoms with E-state index in [1.165, 1.54) is 0 Å². The van der Waals surface area contributed by atoms with Gasteiger partial charge in [-0.1, -0.05) is 28.9 Å². The SMILES string of the molecule is CCc1c(Br)cccc1C(=O)O. The van der Waals surface area contributed by atoms with Gasteiger partial charge in [0.15, 0.2) is 0 Å². The van der Waals surface area contributed by atoms with Crippen molar-refractivity contribution in [2.45, 2.75) is 13.3 Å². The number of aromatic carboxylic acids is 1. The topological polar surface area (TPSA) is 37.3 Å². The van der Waals surface area contributed by atoms with Crippen LogP contribution in [0, 0.1) is 0 Å². The van der Waals surface area contributed by atoms with Crippen LogP contribution in [0.1, 0.15) is 22.8 Å². The van der Waals surface area contributed by atoms with E-state index >= 15 is 0 Å². The van der Waals surface area contributed by atoms with Crippen LogP contribution in [0.3, 0.4) is 0 Å². The molecule has 0 bridgehead atoms. The lowest BCUT2D eigenvalue weighted by molar-refractivity contribution is 0.0695. The molecule has 0 atom stereocenters. The van der Waals surface area contributed by atoms with Crippen molar-refractivity contribution in [2.75, 3.05) is 0 Å². The summed E-state index contributed by atoms with van der Waals surface area (Å²) in [6.07, 6.45) is 0.725. The monoisotopic (exact) mass is 228 g/mol. The van der Waals surface area contributed by atoms with Crippen molar-refractivity contribution in [3.8, 4) is 0 Å². The fraction of sp³-hybridized carbons (Fsp3) is 0.222. The minimum atomic E-state index is -0.867. The summed E-state index contributed by atoms with van der Waals surface area (Å²) < 4.78 is 0.866. The Kier molecular flexibility index (Phi) is 2.87. The molecule has 0 radical (unpaired) electrons. The lowest BCUT2D eigenvalue weighted by atomic mass is 10.1. The fourth-order valence-electron chi connectivity index (χ4n) is 1.12. The highest BCUT2D eigenvalue weighted by molar-refractivity contribution is 9.10. The van der Waals surface area contributed by atoms with Gasteiger partial charge in [0.05, 0.1) is 5.56 Å². The van der Waals surface area contributed by atoms with Crippen LogP contribution in [-0.2, 0) is 6.42 Å². The lowest BCUT2D eigenvalue weighted by Crippen LogP contribution is -2.01. The Balaban J connectivity index is 3.27. The van der Waals surface area contributed by atoms with Crippen LogP contribution in [-0.4, -0.2) is 11.1 Å². The van der Waals surface area contributed by atoms with Crippen molar-refractivity contribution >= 4 is 21.9 Å². The first-order valence-corrected chi connectivity index (χ1v) is 4.46. The molecule has 1 aromatic rings. The van der Waals surface area contributed by atoms with Crippen LogP contribution in [0.4, 0.5) is 0 Å². The fourth-order valence-corrected chi connectivity index (χ4v) is 1.76. The van der Waals surface area contributed by atoms with Crippen molar-refractivity contribution in [1.82, 2.24) is 0 Å². The predicted molar refractivity (Wildman–Crippen MR) is 50.5 cm³/mol. The minimum absolute atomic E-state index is 0.381. The first kappa shape index (κ1) is 9.26. The van der Waals surface area contributed by atoms with Crippen molar-refractivity contribution < 1.29 is 9.90 Å². The molecule has 0 fully saturated rings. The van der Waals surface area contributed by atoms with E-state index in [2.05, 4.69) is 15.9 Å². The number of carbonyl (C=O) groups is 1. The molecular weight excluding hydrogens is 220 g/mol. The van der Waals surface area contributed by atoms with Gasteiger partial charge in [-0.25, -0.2) is 4.79 Å². The molecule has 0 spiro atoms. The molecule has 0 aliphatic carbocycles. The molecular formula is C9H9BrO2. The average molecular weight is 229 g/mol. The number of benzene rings is 1. The molecule has 0 saturated heterocycles. The maximum atomic E-state index is 10.7. The molecule has 1 N–H and O–H groups in total. The molecule has 2 nitrogen and oxygen atoms in total. The number of carboxylic acids is 1. The summed E-state index contributed by atoms with van der Waals surface area (Å²) in [7, 11) is 0. The van der Waals surface area contributed by atoms with Gasteiger partial charge in [-0.15, -0.1) is 0 Å². The van der Waals surface area contributed by atoms with E-state index in [1.54, 1.807) is 12.1 Å². The summed E-state index contributed by atoms with van der Waals surface area (Å²) in [5, 5.41) is 8.80. The maximum Gasteiger partial charge on any atom is 0.336 e. The largest absolute Gasteiger partial charge is 0.478 e. The van der Waals surface area contributed by atoms with Gasteiger partial charge in [0.1, 0.15) is 0 Å². The van der Waals surface area contributed by atoms with Gasteiger partial charge in [0.25, 0.3) is 0 Å². The Morgan fingerprint density at radius 1 is 1.58 bits per heavy atom. The van der Waals surface area contributed by atoms with Gasteiger partial charge < -0.3 is 5.11 Å². The van der Waals surface area contributed by atoms with Crippen molar-refractivity contribution in [3.63, 3.8) is 0 Å². The smallest absolute Gasteiger partial charge is 0.336 e. The molecule has 0 aliphatic heterocycles. The Labute approximate surface area is 79.3 Å². The first-order valence-electron chi connectivity index (χ1n) is 3.67. The van der Waals surface area contributed by atoms with Crippen LogP contribution >= 0.6 is 15.9 Å². The Hall–Kier alpha value is -0.830. The second-order valence-electron chi connectivity index (χ2n) is 2.42. The number of halogens is 1. The maximum absolute atomic E-state index is 10.7. The van der Waals surface area contributed by atoms with E-state index < -0.39 is 5.97 Å². The molecule has 3 heteroatoms. The zero-order chi connectivity index (χ0) is 9.14. The molecule has 0 saturated carbocycles. The highest BCUT2D eigenvalue weighted by Crippen LogP contribution is 2.20. The van der Waals surface area contributed by atoms with Gasteiger partial charge in [-0.05, 0) is 24.1 Å². The highest BCUT2D eigenvalue weighted by Gasteiger charge is 2.09. The quantitative estimate of drug-likeness (QED) is 0.846. The van der Waals surface area contributed by atoms with Gasteiger partial charge in [0, 0.05) is 4.47 Å². The van der Waals surface area contributed by atoms with E-state index in [1.807, 2.05) is 13.0 Å². The normalized spacial score (nSPS) is 9.83. The van der Waals surface area contributed by atoms with Gasteiger partial charge in [0.2, 0.25) is 0 Å². The van der Waals surface area contributed by atoms with Crippen LogP contribution in [0.2, 0.25) is 0 Å². The molecule has 1 rings (SSSR count). The molecule has 0 aliphatic rings. The molecule has 64 valence electrons. The third-order valence-corrected chi connectivity index (χ3v) is 2.45. The third kappa shape index (κ3) is 1.67. The van der Waals surface area contributed by atoms with Crippen LogP contribution in [0.5, 0.6) is 0 Å². The predicted octanol–water partition coefficient (Wildman–Crippen LogP) is 2.71. The Morgan fingerprint density at radius 3 is 2.67 bits per heavy atom. The Morgan fingerprint density at radius 2 is 2.25 bits per heavy atom. The molecule has 0 unspecified atom stereocenters. The Bertz CT molecular complexity index is 307. The standard InChI is InChI=1S/C9H9BrO2/c1-2-6-7(9(11)12)4-3-5-8(6)10/h3-5H,2H2,1H3,(H,11,12). The minimum Gasteiger partial charge on any atom is -0.478 e. The molecule has 12 heavy (non-hydrogen) atoms. The van der Waals surface area contributed by atoms with E-state index in [9.17, 15) is 4.79 Å². The van der Waals surface area contributed by atoms with Gasteiger partial charge in [-0.3, -0.25) is 0 Å². The van der Waals surface area contributed by atoms with E-state index in [0.29, 0.717) is 5.56 Å². The molecule has 0 amide bonds. The number of carboxylic acid groups (broad SMARTS) is 1. The second kappa shape index (κ2) is 3.72. The summed E-state index contributed by atoms with van der Waals surface area (Å²) in [5.41, 5.74) is 1.23. The molecule has 1 aromatic carbocycles. The van der Waals surface area contributed by atoms with Crippen LogP contribution in [0.25, 0.3) is 0 Å². The zero-order valence-corrected chi connectivity index (χ0v) is 8.26. The van der Waals surface area contributed by atoms with E-state index in [4.69, 9.17) is 5.11 Å². The van der Waals surface area contributed by atoms with Crippen molar-refractivity contribution in [2.24, 2.45) is 0 Å². The summed E-state index contributed by atoms with van der Waals surface area (Å²) >= 11 is 3.31. The highest BCUT2D eigenvalue weighted by atomic mass is 79.9. The summed E-state index contributed by atoms with van der Waals surface area (Å²) in [4.78, 5) is 10.7. The first-order chi connectivity index (χ1) is 5.66. The average Bonchev–Trinajstić information content (AvgIpc) is 2.03. The van der Waals surface area contributed by atoms with Crippen LogP contribution in [0.15, 0.2) is 22.7 Å². The second-order valence-corrected chi connectivity index (χ2v) is 3.28. The number of hydrogen-bond acceptors (Lipinski definition) is 1. The number of hydrogen-bond donors (Lipinski definition) is 1. The molecule has 0 aromatic heterocycles.